The molecule has 20 heavy (non-hydrogen) atoms. The average molecular weight is 335 g/mol. The van der Waals surface area contributed by atoms with E-state index in [0.717, 1.165) is 34.1 Å². The van der Waals surface area contributed by atoms with Crippen LogP contribution >= 0.6 is 15.9 Å². The second kappa shape index (κ2) is 5.28. The molecule has 1 aromatic carbocycles. The number of fused-ring (bicyclic) bond motifs is 1. The molecule has 0 spiro atoms. The van der Waals surface area contributed by atoms with Crippen molar-refractivity contribution >= 4 is 21.7 Å². The molecule has 2 heterocycles. The number of ether oxygens (including phenoxy) is 1. The predicted octanol–water partition coefficient (Wildman–Crippen LogP) is 2.76. The second-order valence-electron chi connectivity index (χ2n) is 4.59. The number of halogens is 1. The normalized spacial score (nSPS) is 11.2. The molecule has 104 valence electrons. The number of imidazole rings is 1. The predicted molar refractivity (Wildman–Crippen MR) is 80.0 cm³/mol. The van der Waals surface area contributed by atoms with Crippen LogP contribution in [0.5, 0.6) is 5.75 Å². The van der Waals surface area contributed by atoms with E-state index in [1.165, 1.54) is 0 Å². The van der Waals surface area contributed by atoms with Crippen LogP contribution in [0.4, 0.5) is 0 Å². The average Bonchev–Trinajstić information content (AvgIpc) is 2.91. The Bertz CT molecular complexity index is 733. The summed E-state index contributed by atoms with van der Waals surface area (Å²) in [6.07, 6.45) is 0.736. The third-order valence-electron chi connectivity index (χ3n) is 3.18. The maximum atomic E-state index is 5.70. The van der Waals surface area contributed by atoms with Gasteiger partial charge in [-0.2, -0.15) is 9.61 Å². The fourth-order valence-electron chi connectivity index (χ4n) is 2.08. The lowest BCUT2D eigenvalue weighted by Gasteiger charge is -2.05. The largest absolute Gasteiger partial charge is 0.493 e. The summed E-state index contributed by atoms with van der Waals surface area (Å²) in [5.74, 6) is 2.66. The van der Waals surface area contributed by atoms with Crippen LogP contribution in [0.15, 0.2) is 34.9 Å². The second-order valence-corrected chi connectivity index (χ2v) is 5.34. The zero-order valence-corrected chi connectivity index (χ0v) is 13.0. The molecule has 0 fully saturated rings. The van der Waals surface area contributed by atoms with Gasteiger partial charge < -0.3 is 4.74 Å². The molecule has 0 aliphatic heterocycles. The highest BCUT2D eigenvalue weighted by Gasteiger charge is 2.14. The Hall–Kier alpha value is -1.82. The minimum Gasteiger partial charge on any atom is -0.493 e. The SMILES string of the molecule is Cc1nc2n(C)c(CCOc3ccccc3)nn2c1Br. The van der Waals surface area contributed by atoms with Gasteiger partial charge in [-0.3, -0.25) is 4.57 Å². The van der Waals surface area contributed by atoms with Crippen molar-refractivity contribution in [3.8, 4) is 5.75 Å². The highest BCUT2D eigenvalue weighted by atomic mass is 79.9. The van der Waals surface area contributed by atoms with E-state index in [4.69, 9.17) is 4.74 Å². The molecule has 3 aromatic rings. The van der Waals surface area contributed by atoms with Crippen molar-refractivity contribution in [2.45, 2.75) is 13.3 Å². The lowest BCUT2D eigenvalue weighted by Crippen LogP contribution is -2.06. The summed E-state index contributed by atoms with van der Waals surface area (Å²) >= 11 is 3.50. The van der Waals surface area contributed by atoms with E-state index in [-0.39, 0.29) is 0 Å². The monoisotopic (exact) mass is 334 g/mol. The zero-order valence-electron chi connectivity index (χ0n) is 11.4. The molecule has 0 aliphatic carbocycles. The van der Waals surface area contributed by atoms with Crippen molar-refractivity contribution in [1.29, 1.82) is 0 Å². The van der Waals surface area contributed by atoms with Gasteiger partial charge in [-0.15, -0.1) is 0 Å². The first-order chi connectivity index (χ1) is 9.66. The van der Waals surface area contributed by atoms with Crippen LogP contribution < -0.4 is 4.74 Å². The number of rotatable bonds is 4. The molecule has 0 bridgehead atoms. The first kappa shape index (κ1) is 13.2. The van der Waals surface area contributed by atoms with Crippen LogP contribution in [-0.4, -0.2) is 25.8 Å². The third-order valence-corrected chi connectivity index (χ3v) is 4.09. The van der Waals surface area contributed by atoms with Gasteiger partial charge in [0.25, 0.3) is 0 Å². The number of para-hydroxylation sites is 1. The van der Waals surface area contributed by atoms with E-state index in [2.05, 4.69) is 26.0 Å². The number of aromatic nitrogens is 4. The van der Waals surface area contributed by atoms with Gasteiger partial charge in [-0.1, -0.05) is 18.2 Å². The minimum absolute atomic E-state index is 0.592. The summed E-state index contributed by atoms with van der Waals surface area (Å²) < 4.78 is 10.4. The number of nitrogens with zero attached hydrogens (tertiary/aromatic N) is 4. The maximum Gasteiger partial charge on any atom is 0.233 e. The van der Waals surface area contributed by atoms with E-state index in [1.807, 2.05) is 53.4 Å². The molecule has 0 aliphatic rings. The van der Waals surface area contributed by atoms with Gasteiger partial charge in [-0.25, -0.2) is 4.98 Å². The molecular weight excluding hydrogens is 320 g/mol. The van der Waals surface area contributed by atoms with Crippen molar-refractivity contribution in [2.24, 2.45) is 7.05 Å². The molecular formula is C14H15BrN4O. The highest BCUT2D eigenvalue weighted by Crippen LogP contribution is 2.18. The third kappa shape index (κ3) is 2.31. The fourth-order valence-corrected chi connectivity index (χ4v) is 2.41. The van der Waals surface area contributed by atoms with Crippen LogP contribution in [0.1, 0.15) is 11.5 Å². The summed E-state index contributed by atoms with van der Waals surface area (Å²) in [6.45, 7) is 2.55. The molecule has 5 nitrogen and oxygen atoms in total. The molecule has 6 heteroatoms. The minimum atomic E-state index is 0.592. The smallest absolute Gasteiger partial charge is 0.233 e. The number of hydrogen-bond acceptors (Lipinski definition) is 3. The first-order valence-electron chi connectivity index (χ1n) is 6.41. The molecule has 0 radical (unpaired) electrons. The molecule has 0 saturated carbocycles. The highest BCUT2D eigenvalue weighted by molar-refractivity contribution is 9.10. The van der Waals surface area contributed by atoms with Crippen LogP contribution in [0.25, 0.3) is 5.78 Å². The van der Waals surface area contributed by atoms with Crippen LogP contribution in [-0.2, 0) is 13.5 Å². The molecule has 0 N–H and O–H groups in total. The van der Waals surface area contributed by atoms with E-state index >= 15 is 0 Å². The quantitative estimate of drug-likeness (QED) is 0.736. The van der Waals surface area contributed by atoms with Crippen LogP contribution in [0, 0.1) is 6.92 Å². The van der Waals surface area contributed by atoms with Gasteiger partial charge in [0.05, 0.1) is 12.3 Å². The Kier molecular flexibility index (Phi) is 3.48. The molecule has 0 unspecified atom stereocenters. The molecule has 0 saturated heterocycles. The lowest BCUT2D eigenvalue weighted by atomic mass is 10.3. The van der Waals surface area contributed by atoms with Crippen LogP contribution in [0.2, 0.25) is 0 Å². The summed E-state index contributed by atoms with van der Waals surface area (Å²) in [4.78, 5) is 4.47. The molecule has 3 rings (SSSR count). The maximum absolute atomic E-state index is 5.70. The van der Waals surface area contributed by atoms with Crippen molar-refractivity contribution in [1.82, 2.24) is 19.2 Å². The summed E-state index contributed by atoms with van der Waals surface area (Å²) in [6, 6.07) is 9.80. The Morgan fingerprint density at radius 2 is 2.00 bits per heavy atom. The number of aryl methyl sites for hydroxylation is 2. The topological polar surface area (TPSA) is 44.3 Å². The van der Waals surface area contributed by atoms with Gasteiger partial charge in [0, 0.05) is 13.5 Å². The molecule has 0 amide bonds. The first-order valence-corrected chi connectivity index (χ1v) is 7.20. The molecule has 0 atom stereocenters. The number of benzene rings is 1. The van der Waals surface area contributed by atoms with Gasteiger partial charge in [0.1, 0.15) is 16.2 Å². The van der Waals surface area contributed by atoms with Crippen molar-refractivity contribution in [3.63, 3.8) is 0 Å². The Balaban J connectivity index is 1.73. The van der Waals surface area contributed by atoms with Gasteiger partial charge in [0.2, 0.25) is 5.78 Å². The van der Waals surface area contributed by atoms with Gasteiger partial charge in [0.15, 0.2) is 0 Å². The Labute approximate surface area is 125 Å². The van der Waals surface area contributed by atoms with E-state index in [1.54, 1.807) is 0 Å². The molecule has 2 aromatic heterocycles. The lowest BCUT2D eigenvalue weighted by molar-refractivity contribution is 0.317. The van der Waals surface area contributed by atoms with Crippen molar-refractivity contribution < 1.29 is 4.74 Å². The van der Waals surface area contributed by atoms with Crippen molar-refractivity contribution in [2.75, 3.05) is 6.61 Å². The standard InChI is InChI=1S/C14H15BrN4O/c1-10-13(15)19-14(16-10)18(2)12(17-19)8-9-20-11-6-4-3-5-7-11/h3-7H,8-9H2,1-2H3. The zero-order chi connectivity index (χ0) is 14.1. The number of hydrogen-bond donors (Lipinski definition) is 0. The van der Waals surface area contributed by atoms with E-state index < -0.39 is 0 Å². The Morgan fingerprint density at radius 3 is 2.70 bits per heavy atom. The van der Waals surface area contributed by atoms with Gasteiger partial charge in [-0.05, 0) is 35.0 Å². The Morgan fingerprint density at radius 1 is 1.25 bits per heavy atom. The van der Waals surface area contributed by atoms with E-state index in [9.17, 15) is 0 Å². The van der Waals surface area contributed by atoms with Gasteiger partial charge >= 0.3 is 0 Å². The fraction of sp³-hybridized carbons (Fsp3) is 0.286. The summed E-state index contributed by atoms with van der Waals surface area (Å²) in [7, 11) is 1.97. The van der Waals surface area contributed by atoms with E-state index in [0.29, 0.717) is 6.61 Å². The van der Waals surface area contributed by atoms with Crippen molar-refractivity contribution in [3.05, 3.63) is 46.5 Å². The summed E-state index contributed by atoms with van der Waals surface area (Å²) in [5.41, 5.74) is 0.940. The summed E-state index contributed by atoms with van der Waals surface area (Å²) in [5, 5.41) is 4.55. The van der Waals surface area contributed by atoms with Crippen LogP contribution in [0.3, 0.4) is 0 Å².